The van der Waals surface area contributed by atoms with Crippen LogP contribution in [0.3, 0.4) is 0 Å². The van der Waals surface area contributed by atoms with Crippen LogP contribution in [0.4, 0.5) is 0 Å². The molecule has 1 amide bonds. The van der Waals surface area contributed by atoms with Crippen LogP contribution in [0, 0.1) is 0 Å². The average Bonchev–Trinajstić information content (AvgIpc) is 2.96. The van der Waals surface area contributed by atoms with E-state index in [1.165, 1.54) is 0 Å². The van der Waals surface area contributed by atoms with Crippen LogP contribution in [-0.2, 0) is 12.8 Å². The van der Waals surface area contributed by atoms with Gasteiger partial charge >= 0.3 is 0 Å². The molecule has 4 nitrogen and oxygen atoms in total. The van der Waals surface area contributed by atoms with Crippen molar-refractivity contribution in [2.45, 2.75) is 25.8 Å². The summed E-state index contributed by atoms with van der Waals surface area (Å²) in [5.41, 5.74) is 6.88. The molecule has 0 aliphatic rings. The molecule has 20 heavy (non-hydrogen) atoms. The van der Waals surface area contributed by atoms with Crippen molar-refractivity contribution in [2.24, 2.45) is 5.73 Å². The normalized spacial score (nSPS) is 12.1. The Balaban J connectivity index is 1.97. The van der Waals surface area contributed by atoms with E-state index in [1.54, 1.807) is 6.07 Å². The third-order valence-electron chi connectivity index (χ3n) is 3.18. The summed E-state index contributed by atoms with van der Waals surface area (Å²) in [6.45, 7) is 2.38. The van der Waals surface area contributed by atoms with Gasteiger partial charge in [0, 0.05) is 19.0 Å². The molecule has 0 saturated carbocycles. The van der Waals surface area contributed by atoms with Crippen molar-refractivity contribution in [3.63, 3.8) is 0 Å². The Hall–Kier alpha value is -2.07. The summed E-state index contributed by atoms with van der Waals surface area (Å²) in [6, 6.07) is 13.4. The minimum atomic E-state index is -0.212. The number of rotatable bonds is 6. The van der Waals surface area contributed by atoms with Crippen LogP contribution in [0.25, 0.3) is 0 Å². The Morgan fingerprint density at radius 2 is 2.00 bits per heavy atom. The number of benzene rings is 1. The second kappa shape index (κ2) is 6.91. The molecule has 106 valence electrons. The van der Waals surface area contributed by atoms with E-state index in [0.29, 0.717) is 18.7 Å². The lowest BCUT2D eigenvalue weighted by Crippen LogP contribution is -2.41. The summed E-state index contributed by atoms with van der Waals surface area (Å²) in [4.78, 5) is 12.1. The predicted octanol–water partition coefficient (Wildman–Crippen LogP) is 2.14. The number of carbonyl (C=O) groups excluding carboxylic acids is 1. The van der Waals surface area contributed by atoms with Gasteiger partial charge < -0.3 is 15.5 Å². The maximum atomic E-state index is 12.1. The van der Waals surface area contributed by atoms with Gasteiger partial charge in [-0.2, -0.15) is 0 Å². The third kappa shape index (κ3) is 3.71. The molecule has 0 radical (unpaired) electrons. The fourth-order valence-corrected chi connectivity index (χ4v) is 2.04. The Kier molecular flexibility index (Phi) is 4.96. The second-order valence-electron chi connectivity index (χ2n) is 4.72. The zero-order chi connectivity index (χ0) is 14.4. The molecule has 0 bridgehead atoms. The summed E-state index contributed by atoms with van der Waals surface area (Å²) in [5, 5.41) is 2.91. The maximum Gasteiger partial charge on any atom is 0.287 e. The summed E-state index contributed by atoms with van der Waals surface area (Å²) in [6.07, 6.45) is 1.49. The molecule has 1 unspecified atom stereocenters. The Bertz CT molecular complexity index is 549. The third-order valence-corrected chi connectivity index (χ3v) is 3.18. The summed E-state index contributed by atoms with van der Waals surface area (Å²) >= 11 is 0. The van der Waals surface area contributed by atoms with Crippen LogP contribution in [0.15, 0.2) is 46.9 Å². The number of hydrogen-bond donors (Lipinski definition) is 2. The molecule has 0 aliphatic carbocycles. The highest BCUT2D eigenvalue weighted by Gasteiger charge is 2.15. The zero-order valence-corrected chi connectivity index (χ0v) is 11.6. The number of carbonyl (C=O) groups is 1. The molecule has 0 spiro atoms. The molecule has 2 aromatic rings. The fraction of sp³-hybridized carbons (Fsp3) is 0.312. The number of amides is 1. The molecule has 1 aromatic heterocycles. The highest BCUT2D eigenvalue weighted by molar-refractivity contribution is 5.91. The van der Waals surface area contributed by atoms with Crippen LogP contribution in [0.5, 0.6) is 0 Å². The minimum absolute atomic E-state index is 0.0972. The van der Waals surface area contributed by atoms with E-state index >= 15 is 0 Å². The molecule has 1 heterocycles. The van der Waals surface area contributed by atoms with E-state index in [-0.39, 0.29) is 11.9 Å². The average molecular weight is 272 g/mol. The largest absolute Gasteiger partial charge is 0.456 e. The summed E-state index contributed by atoms with van der Waals surface area (Å²) in [5.74, 6) is 0.937. The van der Waals surface area contributed by atoms with Gasteiger partial charge in [0.25, 0.3) is 5.91 Å². The molecule has 1 atom stereocenters. The fourth-order valence-electron chi connectivity index (χ4n) is 2.04. The molecule has 4 heteroatoms. The standard InChI is InChI=1S/C16H20N2O2/c1-2-14-8-9-15(20-14)16(19)18-13(11-17)10-12-6-4-3-5-7-12/h3-9,13H,2,10-11,17H2,1H3,(H,18,19). The van der Waals surface area contributed by atoms with E-state index in [0.717, 1.165) is 17.7 Å². The van der Waals surface area contributed by atoms with Gasteiger partial charge in [-0.05, 0) is 24.1 Å². The number of nitrogens with one attached hydrogen (secondary N) is 1. The molecular formula is C16H20N2O2. The van der Waals surface area contributed by atoms with Gasteiger partial charge in [0.05, 0.1) is 0 Å². The van der Waals surface area contributed by atoms with E-state index in [1.807, 2.05) is 43.3 Å². The van der Waals surface area contributed by atoms with Crippen molar-refractivity contribution in [1.29, 1.82) is 0 Å². The van der Waals surface area contributed by atoms with Crippen LogP contribution >= 0.6 is 0 Å². The Morgan fingerprint density at radius 1 is 1.25 bits per heavy atom. The van der Waals surface area contributed by atoms with Crippen LogP contribution < -0.4 is 11.1 Å². The van der Waals surface area contributed by atoms with E-state index in [2.05, 4.69) is 5.32 Å². The maximum absolute atomic E-state index is 12.1. The highest BCUT2D eigenvalue weighted by Crippen LogP contribution is 2.09. The first kappa shape index (κ1) is 14.3. The zero-order valence-electron chi connectivity index (χ0n) is 11.6. The van der Waals surface area contributed by atoms with Crippen molar-refractivity contribution in [1.82, 2.24) is 5.32 Å². The molecule has 0 aliphatic heterocycles. The highest BCUT2D eigenvalue weighted by atomic mass is 16.3. The van der Waals surface area contributed by atoms with Crippen LogP contribution in [0.1, 0.15) is 28.8 Å². The van der Waals surface area contributed by atoms with E-state index in [4.69, 9.17) is 10.2 Å². The lowest BCUT2D eigenvalue weighted by atomic mass is 10.1. The van der Waals surface area contributed by atoms with Gasteiger partial charge in [-0.1, -0.05) is 37.3 Å². The van der Waals surface area contributed by atoms with Crippen molar-refractivity contribution in [3.8, 4) is 0 Å². The molecular weight excluding hydrogens is 252 g/mol. The van der Waals surface area contributed by atoms with E-state index in [9.17, 15) is 4.79 Å². The first-order valence-corrected chi connectivity index (χ1v) is 6.86. The quantitative estimate of drug-likeness (QED) is 0.846. The Morgan fingerprint density at radius 3 is 2.60 bits per heavy atom. The minimum Gasteiger partial charge on any atom is -0.456 e. The summed E-state index contributed by atoms with van der Waals surface area (Å²) in [7, 11) is 0. The lowest BCUT2D eigenvalue weighted by Gasteiger charge is -2.16. The van der Waals surface area contributed by atoms with Crippen molar-refractivity contribution in [2.75, 3.05) is 6.54 Å². The molecule has 0 saturated heterocycles. The van der Waals surface area contributed by atoms with Gasteiger partial charge in [-0.25, -0.2) is 0 Å². The van der Waals surface area contributed by atoms with Gasteiger partial charge in [0.1, 0.15) is 5.76 Å². The van der Waals surface area contributed by atoms with Crippen molar-refractivity contribution >= 4 is 5.91 Å². The monoisotopic (exact) mass is 272 g/mol. The smallest absolute Gasteiger partial charge is 0.287 e. The molecule has 0 fully saturated rings. The van der Waals surface area contributed by atoms with Gasteiger partial charge in [-0.3, -0.25) is 4.79 Å². The first-order valence-electron chi connectivity index (χ1n) is 6.86. The van der Waals surface area contributed by atoms with Crippen LogP contribution in [0.2, 0.25) is 0 Å². The first-order chi connectivity index (χ1) is 9.72. The molecule has 1 aromatic carbocycles. The van der Waals surface area contributed by atoms with E-state index < -0.39 is 0 Å². The van der Waals surface area contributed by atoms with Gasteiger partial charge in [-0.15, -0.1) is 0 Å². The number of aryl methyl sites for hydroxylation is 1. The second-order valence-corrected chi connectivity index (χ2v) is 4.72. The number of hydrogen-bond acceptors (Lipinski definition) is 3. The number of furan rings is 1. The van der Waals surface area contributed by atoms with Gasteiger partial charge in [0.2, 0.25) is 0 Å². The lowest BCUT2D eigenvalue weighted by molar-refractivity contribution is 0.0908. The molecule has 3 N–H and O–H groups in total. The predicted molar refractivity (Wildman–Crippen MR) is 78.5 cm³/mol. The number of nitrogens with two attached hydrogens (primary N) is 1. The Labute approximate surface area is 119 Å². The van der Waals surface area contributed by atoms with Gasteiger partial charge in [0.15, 0.2) is 5.76 Å². The topological polar surface area (TPSA) is 68.3 Å². The molecule has 2 rings (SSSR count). The summed E-state index contributed by atoms with van der Waals surface area (Å²) < 4.78 is 5.44. The van der Waals surface area contributed by atoms with Crippen LogP contribution in [-0.4, -0.2) is 18.5 Å². The van der Waals surface area contributed by atoms with Crippen molar-refractivity contribution < 1.29 is 9.21 Å². The SMILES string of the molecule is CCc1ccc(C(=O)NC(CN)Cc2ccccc2)o1. The van der Waals surface area contributed by atoms with Crippen molar-refractivity contribution in [3.05, 3.63) is 59.5 Å².